The van der Waals surface area contributed by atoms with Gasteiger partial charge in [-0.15, -0.1) is 11.6 Å². The van der Waals surface area contributed by atoms with Crippen LogP contribution in [0.1, 0.15) is 28.4 Å². The topological polar surface area (TPSA) is 74.6 Å². The van der Waals surface area contributed by atoms with Gasteiger partial charge in [-0.3, -0.25) is 4.79 Å². The first kappa shape index (κ1) is 12.7. The zero-order valence-corrected chi connectivity index (χ0v) is 9.15. The van der Waals surface area contributed by atoms with Crippen molar-refractivity contribution in [2.45, 2.75) is 12.5 Å². The maximum Gasteiger partial charge on any atom is 0.337 e. The molecule has 0 aromatic heterocycles. The number of benzene rings is 1. The molecule has 0 saturated heterocycles. The van der Waals surface area contributed by atoms with Gasteiger partial charge in [-0.25, -0.2) is 4.79 Å². The third-order valence-corrected chi connectivity index (χ3v) is 2.29. The molecule has 1 aromatic carbocycles. The van der Waals surface area contributed by atoms with E-state index in [0.717, 1.165) is 0 Å². The molecule has 0 saturated carbocycles. The van der Waals surface area contributed by atoms with Gasteiger partial charge >= 0.3 is 5.97 Å². The molecule has 0 aliphatic rings. The number of aliphatic hydroxyl groups excluding tert-OH is 1. The summed E-state index contributed by atoms with van der Waals surface area (Å²) < 4.78 is 0. The van der Waals surface area contributed by atoms with Gasteiger partial charge in [0.25, 0.3) is 0 Å². The molecule has 5 heteroatoms. The molecule has 0 heterocycles. The number of carboxylic acids is 1. The Balaban J connectivity index is 2.83. The summed E-state index contributed by atoms with van der Waals surface area (Å²) in [4.78, 5) is 21.9. The first-order chi connectivity index (χ1) is 7.56. The van der Waals surface area contributed by atoms with Crippen LogP contribution in [0.15, 0.2) is 24.3 Å². The van der Waals surface area contributed by atoms with E-state index < -0.39 is 12.1 Å². The molecule has 0 bridgehead atoms. The predicted octanol–water partition coefficient (Wildman–Crippen LogP) is 1.62. The molecule has 0 amide bonds. The summed E-state index contributed by atoms with van der Waals surface area (Å²) in [6.45, 7) is 0. The average molecular weight is 243 g/mol. The van der Waals surface area contributed by atoms with Crippen LogP contribution in [0.3, 0.4) is 0 Å². The number of aliphatic hydroxyl groups is 1. The molecule has 1 unspecified atom stereocenters. The molecular formula is C11H11ClO4. The van der Waals surface area contributed by atoms with Gasteiger partial charge < -0.3 is 10.2 Å². The molecule has 1 aromatic rings. The predicted molar refractivity (Wildman–Crippen MR) is 58.7 cm³/mol. The van der Waals surface area contributed by atoms with E-state index >= 15 is 0 Å². The molecule has 16 heavy (non-hydrogen) atoms. The zero-order valence-electron chi connectivity index (χ0n) is 8.39. The molecule has 0 radical (unpaired) electrons. The highest BCUT2D eigenvalue weighted by Crippen LogP contribution is 2.14. The van der Waals surface area contributed by atoms with E-state index in [-0.39, 0.29) is 23.6 Å². The Hall–Kier alpha value is -1.39. The van der Waals surface area contributed by atoms with E-state index in [1.165, 1.54) is 24.3 Å². The minimum absolute atomic E-state index is 0.105. The summed E-state index contributed by atoms with van der Waals surface area (Å²) in [6.07, 6.45) is -1.32. The van der Waals surface area contributed by atoms with E-state index in [0.29, 0.717) is 5.56 Å². The maximum atomic E-state index is 11.4. The second kappa shape index (κ2) is 5.63. The monoisotopic (exact) mass is 242 g/mol. The number of carboxylic acid groups (broad SMARTS) is 1. The number of carbonyl (C=O) groups excluding carboxylic acids is 1. The van der Waals surface area contributed by atoms with Crippen molar-refractivity contribution in [3.05, 3.63) is 35.4 Å². The van der Waals surface area contributed by atoms with E-state index in [2.05, 4.69) is 0 Å². The fourth-order valence-corrected chi connectivity index (χ4v) is 1.40. The summed E-state index contributed by atoms with van der Waals surface area (Å²) >= 11 is 5.43. The Morgan fingerprint density at radius 3 is 2.25 bits per heavy atom. The number of halogens is 1. The van der Waals surface area contributed by atoms with Crippen molar-refractivity contribution in [3.63, 3.8) is 0 Å². The van der Waals surface area contributed by atoms with Crippen molar-refractivity contribution in [2.75, 3.05) is 5.88 Å². The fourth-order valence-electron chi connectivity index (χ4n) is 1.22. The van der Waals surface area contributed by atoms with Crippen molar-refractivity contribution in [1.29, 1.82) is 0 Å². The van der Waals surface area contributed by atoms with Crippen LogP contribution < -0.4 is 0 Å². The molecule has 4 nitrogen and oxygen atoms in total. The van der Waals surface area contributed by atoms with Crippen molar-refractivity contribution < 1.29 is 19.8 Å². The number of carbonyl (C=O) groups is 2. The lowest BCUT2D eigenvalue weighted by atomic mass is 10.0. The number of ketones is 1. The van der Waals surface area contributed by atoms with Crippen LogP contribution in [0.5, 0.6) is 0 Å². The molecule has 0 fully saturated rings. The van der Waals surface area contributed by atoms with Crippen molar-refractivity contribution in [2.24, 2.45) is 0 Å². The lowest BCUT2D eigenvalue weighted by Gasteiger charge is -2.06. The van der Waals surface area contributed by atoms with Crippen molar-refractivity contribution >= 4 is 23.4 Å². The Morgan fingerprint density at radius 1 is 1.25 bits per heavy atom. The summed E-state index contributed by atoms with van der Waals surface area (Å²) in [5, 5.41) is 17.8. The van der Waals surface area contributed by atoms with Crippen molar-refractivity contribution in [3.8, 4) is 0 Å². The lowest BCUT2D eigenvalue weighted by molar-refractivity contribution is -0.146. The molecular weight excluding hydrogens is 232 g/mol. The van der Waals surface area contributed by atoms with Gasteiger partial charge in [0.2, 0.25) is 0 Å². The second-order valence-corrected chi connectivity index (χ2v) is 3.60. The van der Waals surface area contributed by atoms with Crippen LogP contribution in [-0.2, 0) is 4.79 Å². The third-order valence-electron chi connectivity index (χ3n) is 2.10. The Morgan fingerprint density at radius 2 is 1.81 bits per heavy atom. The molecule has 86 valence electrons. The van der Waals surface area contributed by atoms with Crippen molar-refractivity contribution in [1.82, 2.24) is 0 Å². The Bertz CT molecular complexity index is 385. The van der Waals surface area contributed by atoms with E-state index in [4.69, 9.17) is 16.7 Å². The largest absolute Gasteiger partial charge is 0.479 e. The summed E-state index contributed by atoms with van der Waals surface area (Å²) in [7, 11) is 0. The van der Waals surface area contributed by atoms with Gasteiger partial charge in [0.05, 0.1) is 0 Å². The first-order valence-corrected chi connectivity index (χ1v) is 5.19. The van der Waals surface area contributed by atoms with E-state index in [9.17, 15) is 14.7 Å². The number of hydrogen-bond donors (Lipinski definition) is 2. The van der Waals surface area contributed by atoms with Gasteiger partial charge in [-0.2, -0.15) is 0 Å². The Kier molecular flexibility index (Phi) is 4.46. The van der Waals surface area contributed by atoms with Gasteiger partial charge in [-0.05, 0) is 5.56 Å². The van der Waals surface area contributed by atoms with Crippen LogP contribution in [0.2, 0.25) is 0 Å². The highest BCUT2D eigenvalue weighted by atomic mass is 35.5. The van der Waals surface area contributed by atoms with E-state index in [1.54, 1.807) is 0 Å². The number of Topliss-reactive ketones (excluding diaryl/α,β-unsaturated/α-hetero) is 1. The second-order valence-electron chi connectivity index (χ2n) is 3.22. The average Bonchev–Trinajstić information content (AvgIpc) is 2.28. The quantitative estimate of drug-likeness (QED) is 0.608. The summed E-state index contributed by atoms with van der Waals surface area (Å²) in [5.74, 6) is -1.18. The zero-order chi connectivity index (χ0) is 12.1. The SMILES string of the molecule is O=C(CCCl)c1ccc(C(O)C(=O)O)cc1. The van der Waals surface area contributed by atoms with Crippen LogP contribution >= 0.6 is 11.6 Å². The Labute approximate surface area is 97.5 Å². The summed E-state index contributed by atoms with van der Waals surface area (Å²) in [6, 6.07) is 5.80. The maximum absolute atomic E-state index is 11.4. The van der Waals surface area contributed by atoms with Gasteiger partial charge in [0, 0.05) is 17.9 Å². The number of hydrogen-bond acceptors (Lipinski definition) is 3. The highest BCUT2D eigenvalue weighted by molar-refractivity contribution is 6.19. The fraction of sp³-hybridized carbons (Fsp3) is 0.273. The molecule has 0 spiro atoms. The molecule has 1 rings (SSSR count). The summed E-state index contributed by atoms with van der Waals surface area (Å²) in [5.41, 5.74) is 0.705. The smallest absolute Gasteiger partial charge is 0.337 e. The van der Waals surface area contributed by atoms with Crippen LogP contribution in [-0.4, -0.2) is 27.8 Å². The van der Waals surface area contributed by atoms with Gasteiger partial charge in [-0.1, -0.05) is 24.3 Å². The van der Waals surface area contributed by atoms with E-state index in [1.807, 2.05) is 0 Å². The standard InChI is InChI=1S/C11H11ClO4/c12-6-5-9(13)7-1-3-8(4-2-7)10(14)11(15)16/h1-4,10,14H,5-6H2,(H,15,16). The molecule has 0 aliphatic carbocycles. The minimum atomic E-state index is -1.56. The van der Waals surface area contributed by atoms with Gasteiger partial charge in [0.15, 0.2) is 11.9 Å². The van der Waals surface area contributed by atoms with Crippen LogP contribution in [0.25, 0.3) is 0 Å². The molecule has 2 N–H and O–H groups in total. The molecule has 0 aliphatic heterocycles. The lowest BCUT2D eigenvalue weighted by Crippen LogP contribution is -2.10. The number of rotatable bonds is 5. The van der Waals surface area contributed by atoms with Crippen LogP contribution in [0.4, 0.5) is 0 Å². The number of aliphatic carboxylic acids is 1. The van der Waals surface area contributed by atoms with Gasteiger partial charge in [0.1, 0.15) is 0 Å². The molecule has 1 atom stereocenters. The number of alkyl halides is 1. The highest BCUT2D eigenvalue weighted by Gasteiger charge is 2.15. The van der Waals surface area contributed by atoms with Crippen LogP contribution in [0, 0.1) is 0 Å². The first-order valence-electron chi connectivity index (χ1n) is 4.66. The third kappa shape index (κ3) is 3.05. The normalized spacial score (nSPS) is 12.1. The minimum Gasteiger partial charge on any atom is -0.479 e.